The van der Waals surface area contributed by atoms with Crippen LogP contribution in [0, 0.1) is 5.82 Å². The van der Waals surface area contributed by atoms with E-state index in [2.05, 4.69) is 21.2 Å². The zero-order valence-electron chi connectivity index (χ0n) is 21.8. The number of carbonyl (C=O) groups is 3. The first-order chi connectivity index (χ1) is 18.4. The summed E-state index contributed by atoms with van der Waals surface area (Å²) in [6.07, 6.45) is -0.800. The highest BCUT2D eigenvalue weighted by Gasteiger charge is 2.51. The first-order valence-electron chi connectivity index (χ1n) is 12.0. The number of ether oxygens (including phenoxy) is 2. The summed E-state index contributed by atoms with van der Waals surface area (Å²) < 4.78 is 24.9. The van der Waals surface area contributed by atoms with Crippen molar-refractivity contribution in [1.82, 2.24) is 10.2 Å². The number of guanidine groups is 1. The lowest BCUT2D eigenvalue weighted by Crippen LogP contribution is -2.47. The summed E-state index contributed by atoms with van der Waals surface area (Å²) in [7, 11) is 1.28. The molecule has 1 unspecified atom stereocenters. The van der Waals surface area contributed by atoms with E-state index in [1.807, 2.05) is 0 Å². The average Bonchev–Trinajstić information content (AvgIpc) is 3.14. The molecule has 8 nitrogen and oxygen atoms in total. The molecule has 1 atom stereocenters. The number of nitrogens with zero attached hydrogens (tertiary/aromatic N) is 2. The van der Waals surface area contributed by atoms with Crippen molar-refractivity contribution in [2.24, 2.45) is 4.99 Å². The Kier molecular flexibility index (Phi) is 7.87. The van der Waals surface area contributed by atoms with Crippen LogP contribution in [0.5, 0.6) is 0 Å². The van der Waals surface area contributed by atoms with Gasteiger partial charge in [0.1, 0.15) is 11.4 Å². The van der Waals surface area contributed by atoms with Gasteiger partial charge in [-0.25, -0.2) is 19.0 Å². The van der Waals surface area contributed by atoms with Gasteiger partial charge in [0.05, 0.1) is 19.2 Å². The van der Waals surface area contributed by atoms with Crippen LogP contribution in [0.4, 0.5) is 9.18 Å². The second-order valence-electron chi connectivity index (χ2n) is 9.87. The SMILES string of the molecule is COC(=O)c1cccc(CN2C(=O)C(c3ccc(F)cc3)(c3cccc(Br)c3)N=C2NC(=O)OC(C)(C)C)c1. The molecule has 1 heterocycles. The van der Waals surface area contributed by atoms with Gasteiger partial charge in [-0.2, -0.15) is 0 Å². The van der Waals surface area contributed by atoms with E-state index >= 15 is 0 Å². The molecule has 4 rings (SSSR count). The van der Waals surface area contributed by atoms with E-state index in [9.17, 15) is 18.8 Å². The number of halogens is 2. The van der Waals surface area contributed by atoms with E-state index in [0.717, 1.165) is 0 Å². The molecule has 3 aromatic rings. The maximum absolute atomic E-state index is 14.4. The standard InChI is InChI=1S/C29H27BrFN3O5/c1-28(2,3)39-27(37)32-26-33-29(20-11-13-23(31)14-12-20,21-9-6-10-22(30)16-21)25(36)34(26)17-18-7-5-8-19(15-18)24(35)38-4/h5-16H,17H2,1-4H3,(H,32,33,37). The zero-order valence-corrected chi connectivity index (χ0v) is 23.4. The van der Waals surface area contributed by atoms with Crippen molar-refractivity contribution in [3.8, 4) is 0 Å². The third-order valence-electron chi connectivity index (χ3n) is 5.89. The summed E-state index contributed by atoms with van der Waals surface area (Å²) in [6.45, 7) is 5.12. The summed E-state index contributed by atoms with van der Waals surface area (Å²) in [6, 6.07) is 19.1. The Balaban J connectivity index is 1.86. The number of esters is 1. The molecule has 10 heteroatoms. The van der Waals surface area contributed by atoms with Crippen LogP contribution in [0.2, 0.25) is 0 Å². The second kappa shape index (κ2) is 11.0. The maximum atomic E-state index is 14.4. The number of hydrogen-bond acceptors (Lipinski definition) is 6. The van der Waals surface area contributed by atoms with Crippen LogP contribution < -0.4 is 5.32 Å². The van der Waals surface area contributed by atoms with Crippen molar-refractivity contribution in [3.63, 3.8) is 0 Å². The van der Waals surface area contributed by atoms with Crippen LogP contribution in [0.3, 0.4) is 0 Å². The van der Waals surface area contributed by atoms with Crippen molar-refractivity contribution >= 4 is 39.9 Å². The molecule has 1 aliphatic rings. The van der Waals surface area contributed by atoms with Crippen LogP contribution in [-0.4, -0.2) is 41.5 Å². The largest absolute Gasteiger partial charge is 0.465 e. The first-order valence-corrected chi connectivity index (χ1v) is 12.8. The monoisotopic (exact) mass is 595 g/mol. The molecule has 1 N–H and O–H groups in total. The van der Waals surface area contributed by atoms with Gasteiger partial charge >= 0.3 is 12.1 Å². The molecule has 0 saturated carbocycles. The van der Waals surface area contributed by atoms with Crippen molar-refractivity contribution in [2.75, 3.05) is 7.11 Å². The highest BCUT2D eigenvalue weighted by atomic mass is 79.9. The van der Waals surface area contributed by atoms with Crippen LogP contribution in [-0.2, 0) is 26.4 Å². The number of methoxy groups -OCH3 is 1. The predicted octanol–water partition coefficient (Wildman–Crippen LogP) is 5.54. The summed E-state index contributed by atoms with van der Waals surface area (Å²) in [5, 5.41) is 2.62. The molecule has 202 valence electrons. The van der Waals surface area contributed by atoms with Gasteiger partial charge in [0.25, 0.3) is 5.91 Å². The molecule has 0 radical (unpaired) electrons. The fraction of sp³-hybridized carbons (Fsp3) is 0.241. The highest BCUT2D eigenvalue weighted by Crippen LogP contribution is 2.41. The Labute approximate surface area is 234 Å². The number of carbonyl (C=O) groups excluding carboxylic acids is 3. The first kappa shape index (κ1) is 28.0. The lowest BCUT2D eigenvalue weighted by Gasteiger charge is -2.27. The number of amides is 2. The quantitative estimate of drug-likeness (QED) is 0.390. The van der Waals surface area contributed by atoms with Crippen molar-refractivity contribution in [3.05, 3.63) is 105 Å². The van der Waals surface area contributed by atoms with E-state index in [1.165, 1.54) is 36.3 Å². The molecule has 0 bridgehead atoms. The minimum absolute atomic E-state index is 0.0325. The van der Waals surface area contributed by atoms with Gasteiger partial charge in [-0.1, -0.05) is 52.3 Å². The molecule has 3 aromatic carbocycles. The Morgan fingerprint density at radius 3 is 2.36 bits per heavy atom. The van der Waals surface area contributed by atoms with Crippen molar-refractivity contribution in [1.29, 1.82) is 0 Å². The lowest BCUT2D eigenvalue weighted by atomic mass is 9.83. The van der Waals surface area contributed by atoms with Gasteiger partial charge in [0.15, 0.2) is 5.54 Å². The van der Waals surface area contributed by atoms with E-state index in [0.29, 0.717) is 26.7 Å². The fourth-order valence-corrected chi connectivity index (χ4v) is 4.64. The normalized spacial score (nSPS) is 17.0. The Morgan fingerprint density at radius 2 is 1.72 bits per heavy atom. The van der Waals surface area contributed by atoms with E-state index in [-0.39, 0.29) is 12.5 Å². The summed E-state index contributed by atoms with van der Waals surface area (Å²) >= 11 is 3.46. The number of benzene rings is 3. The molecule has 0 fully saturated rings. The summed E-state index contributed by atoms with van der Waals surface area (Å²) in [5.74, 6) is -1.54. The predicted molar refractivity (Wildman–Crippen MR) is 146 cm³/mol. The Bertz CT molecular complexity index is 1450. The molecule has 0 spiro atoms. The fourth-order valence-electron chi connectivity index (χ4n) is 4.24. The number of nitrogens with one attached hydrogen (secondary N) is 1. The Morgan fingerprint density at radius 1 is 1.03 bits per heavy atom. The molecule has 1 aliphatic heterocycles. The van der Waals surface area contributed by atoms with Crippen LogP contribution in [0.15, 0.2) is 82.3 Å². The van der Waals surface area contributed by atoms with Gasteiger partial charge in [-0.3, -0.25) is 15.0 Å². The van der Waals surface area contributed by atoms with Crippen molar-refractivity contribution in [2.45, 2.75) is 38.5 Å². The van der Waals surface area contributed by atoms with E-state index < -0.39 is 34.9 Å². The second-order valence-corrected chi connectivity index (χ2v) is 10.8. The van der Waals surface area contributed by atoms with Crippen molar-refractivity contribution < 1.29 is 28.2 Å². The molecule has 2 amide bonds. The molecule has 0 aliphatic carbocycles. The maximum Gasteiger partial charge on any atom is 0.414 e. The lowest BCUT2D eigenvalue weighted by molar-refractivity contribution is -0.130. The average molecular weight is 596 g/mol. The third kappa shape index (κ3) is 6.01. The van der Waals surface area contributed by atoms with E-state index in [4.69, 9.17) is 14.5 Å². The van der Waals surface area contributed by atoms with Gasteiger partial charge in [0, 0.05) is 4.47 Å². The van der Waals surface area contributed by atoms with Crippen LogP contribution in [0.25, 0.3) is 0 Å². The van der Waals surface area contributed by atoms with Crippen LogP contribution >= 0.6 is 15.9 Å². The zero-order chi connectivity index (χ0) is 28.4. The van der Waals surface area contributed by atoms with Gasteiger partial charge in [-0.15, -0.1) is 0 Å². The van der Waals surface area contributed by atoms with Gasteiger partial charge in [0.2, 0.25) is 5.96 Å². The third-order valence-corrected chi connectivity index (χ3v) is 6.38. The van der Waals surface area contributed by atoms with Crippen LogP contribution in [0.1, 0.15) is 47.8 Å². The van der Waals surface area contributed by atoms with Gasteiger partial charge < -0.3 is 9.47 Å². The minimum atomic E-state index is -1.64. The number of rotatable bonds is 5. The highest BCUT2D eigenvalue weighted by molar-refractivity contribution is 9.10. The number of hydrogen-bond donors (Lipinski definition) is 1. The smallest absolute Gasteiger partial charge is 0.414 e. The minimum Gasteiger partial charge on any atom is -0.465 e. The topological polar surface area (TPSA) is 97.3 Å². The molecular weight excluding hydrogens is 569 g/mol. The number of aliphatic imine (C=N–C) groups is 1. The molecule has 0 aromatic heterocycles. The Hall–Kier alpha value is -4.05. The number of alkyl carbamates (subject to hydrolysis) is 1. The molecular formula is C29H27BrFN3O5. The van der Waals surface area contributed by atoms with Gasteiger partial charge in [-0.05, 0) is 73.9 Å². The molecule has 0 saturated heterocycles. The summed E-state index contributed by atoms with van der Waals surface area (Å²) in [5.41, 5.74) is -0.636. The van der Waals surface area contributed by atoms with E-state index in [1.54, 1.807) is 69.3 Å². The summed E-state index contributed by atoms with van der Waals surface area (Å²) in [4.78, 5) is 45.4. The molecule has 39 heavy (non-hydrogen) atoms.